The average molecular weight is 399 g/mol. The molecule has 8 nitrogen and oxygen atoms in total. The van der Waals surface area contributed by atoms with Crippen molar-refractivity contribution < 1.29 is 14.3 Å². The van der Waals surface area contributed by atoms with Crippen LogP contribution in [0.1, 0.15) is 39.0 Å². The van der Waals surface area contributed by atoms with Crippen molar-refractivity contribution >= 4 is 6.09 Å². The number of rotatable bonds is 8. The third-order valence-corrected chi connectivity index (χ3v) is 6.02. The van der Waals surface area contributed by atoms with Crippen LogP contribution in [0, 0.1) is 17.8 Å². The molecule has 29 heavy (non-hydrogen) atoms. The Kier molecular flexibility index (Phi) is 6.27. The minimum atomic E-state index is -0.142. The van der Waals surface area contributed by atoms with Gasteiger partial charge in [-0.1, -0.05) is 6.92 Å². The van der Waals surface area contributed by atoms with Crippen molar-refractivity contribution in [2.24, 2.45) is 17.8 Å². The molecule has 1 saturated carbocycles. The second kappa shape index (κ2) is 9.24. The van der Waals surface area contributed by atoms with Gasteiger partial charge in [-0.2, -0.15) is 0 Å². The summed E-state index contributed by atoms with van der Waals surface area (Å²) in [5, 5.41) is 11.2. The number of carbonyl (C=O) groups is 1. The molecule has 0 radical (unpaired) electrons. The zero-order chi connectivity index (χ0) is 20.1. The highest BCUT2D eigenvalue weighted by atomic mass is 16.6. The number of piperidine rings is 1. The molecule has 1 aliphatic heterocycles. The summed E-state index contributed by atoms with van der Waals surface area (Å²) in [6.07, 6.45) is 6.89. The van der Waals surface area contributed by atoms with Gasteiger partial charge in [-0.3, -0.25) is 0 Å². The molecule has 8 heteroatoms. The minimum absolute atomic E-state index is 0.142. The van der Waals surface area contributed by atoms with Crippen molar-refractivity contribution in [3.8, 4) is 11.4 Å². The average Bonchev–Trinajstić information content (AvgIpc) is 3.31. The lowest BCUT2D eigenvalue weighted by Crippen LogP contribution is -2.39. The maximum Gasteiger partial charge on any atom is 0.409 e. The fraction of sp³-hybridized carbons (Fsp3) is 0.619. The van der Waals surface area contributed by atoms with E-state index in [0.717, 1.165) is 74.6 Å². The number of nitrogens with zero attached hydrogens (tertiary/aromatic N) is 5. The van der Waals surface area contributed by atoms with E-state index in [4.69, 9.17) is 9.47 Å². The van der Waals surface area contributed by atoms with Gasteiger partial charge in [-0.05, 0) is 84.6 Å². The van der Waals surface area contributed by atoms with Gasteiger partial charge >= 0.3 is 6.09 Å². The number of likely N-dealkylation sites (tertiary alicyclic amines) is 1. The van der Waals surface area contributed by atoms with Crippen LogP contribution in [0.4, 0.5) is 4.79 Å². The predicted molar refractivity (Wildman–Crippen MR) is 107 cm³/mol. The predicted octanol–water partition coefficient (Wildman–Crippen LogP) is 3.33. The maximum absolute atomic E-state index is 12.0. The molecule has 2 heterocycles. The van der Waals surface area contributed by atoms with Crippen molar-refractivity contribution in [2.45, 2.75) is 39.0 Å². The lowest BCUT2D eigenvalue weighted by molar-refractivity contribution is 0.0848. The molecule has 2 atom stereocenters. The van der Waals surface area contributed by atoms with E-state index in [0.29, 0.717) is 6.61 Å². The monoisotopic (exact) mass is 399 g/mol. The molecule has 2 aliphatic rings. The number of hydrogen-bond donors (Lipinski definition) is 0. The van der Waals surface area contributed by atoms with Crippen molar-refractivity contribution in [1.29, 1.82) is 0 Å². The van der Waals surface area contributed by atoms with Gasteiger partial charge in [0, 0.05) is 13.1 Å². The quantitative estimate of drug-likeness (QED) is 0.677. The fourth-order valence-corrected chi connectivity index (χ4v) is 4.27. The number of carbonyl (C=O) groups excluding carboxylic acids is 1. The molecule has 2 fully saturated rings. The number of benzene rings is 1. The van der Waals surface area contributed by atoms with Crippen LogP contribution in [0.15, 0.2) is 30.6 Å². The molecule has 0 N–H and O–H groups in total. The fourth-order valence-electron chi connectivity index (χ4n) is 4.27. The first-order valence-electron chi connectivity index (χ1n) is 10.6. The third kappa shape index (κ3) is 5.05. The second-order valence-electron chi connectivity index (χ2n) is 7.98. The highest BCUT2D eigenvalue weighted by Crippen LogP contribution is 2.49. The first-order valence-corrected chi connectivity index (χ1v) is 10.6. The van der Waals surface area contributed by atoms with Crippen LogP contribution in [0.3, 0.4) is 0 Å². The van der Waals surface area contributed by atoms with E-state index in [9.17, 15) is 4.79 Å². The zero-order valence-electron chi connectivity index (χ0n) is 16.9. The molecular formula is C21H29N5O3. The van der Waals surface area contributed by atoms with Crippen LogP contribution in [0.5, 0.6) is 5.75 Å². The number of ether oxygens (including phenoxy) is 2. The Hall–Kier alpha value is -2.64. The molecule has 2 unspecified atom stereocenters. The largest absolute Gasteiger partial charge is 0.494 e. The Balaban J connectivity index is 1.14. The number of hydrogen-bond acceptors (Lipinski definition) is 6. The van der Waals surface area contributed by atoms with Crippen molar-refractivity contribution in [3.63, 3.8) is 0 Å². The highest BCUT2D eigenvalue weighted by Gasteiger charge is 2.43. The van der Waals surface area contributed by atoms with Gasteiger partial charge in [0.25, 0.3) is 0 Å². The molecule has 1 aromatic heterocycles. The summed E-state index contributed by atoms with van der Waals surface area (Å²) < 4.78 is 12.8. The number of amides is 1. The van der Waals surface area contributed by atoms with E-state index in [1.807, 2.05) is 36.1 Å². The zero-order valence-corrected chi connectivity index (χ0v) is 16.9. The summed E-state index contributed by atoms with van der Waals surface area (Å²) >= 11 is 0. The van der Waals surface area contributed by atoms with Gasteiger partial charge in [0.2, 0.25) is 0 Å². The van der Waals surface area contributed by atoms with Gasteiger partial charge in [-0.15, -0.1) is 5.10 Å². The van der Waals surface area contributed by atoms with E-state index < -0.39 is 0 Å². The standard InChI is InChI=1S/C21H29N5O3/c1-2-12-29-21(27)25-10-7-16(8-11-25)20-14-17(20)9-13-28-19-5-3-18(4-6-19)26-15-22-23-24-26/h3-6,15-17,20H,2,7-14H2,1H3. The summed E-state index contributed by atoms with van der Waals surface area (Å²) in [5.41, 5.74) is 0.912. The van der Waals surface area contributed by atoms with Crippen LogP contribution < -0.4 is 4.74 Å². The summed E-state index contributed by atoms with van der Waals surface area (Å²) in [5.74, 6) is 3.18. The first-order chi connectivity index (χ1) is 14.2. The normalized spacial score (nSPS) is 21.8. The summed E-state index contributed by atoms with van der Waals surface area (Å²) in [6.45, 7) is 4.95. The van der Waals surface area contributed by atoms with Gasteiger partial charge in [0.1, 0.15) is 12.1 Å². The Labute approximate surface area is 171 Å². The second-order valence-corrected chi connectivity index (χ2v) is 7.98. The molecule has 0 spiro atoms. The van der Waals surface area contributed by atoms with Crippen molar-refractivity contribution in [2.75, 3.05) is 26.3 Å². The lowest BCUT2D eigenvalue weighted by atomic mass is 9.91. The molecule has 156 valence electrons. The van der Waals surface area contributed by atoms with E-state index in [-0.39, 0.29) is 6.09 Å². The summed E-state index contributed by atoms with van der Waals surface area (Å²) in [7, 11) is 0. The van der Waals surface area contributed by atoms with Crippen molar-refractivity contribution in [3.05, 3.63) is 30.6 Å². The Morgan fingerprint density at radius 2 is 1.97 bits per heavy atom. The molecule has 1 saturated heterocycles. The van der Waals surface area contributed by atoms with Crippen molar-refractivity contribution in [1.82, 2.24) is 25.1 Å². The first kappa shape index (κ1) is 19.7. The Morgan fingerprint density at radius 3 is 2.66 bits per heavy atom. The van der Waals surface area contributed by atoms with Crippen LogP contribution in [-0.2, 0) is 4.74 Å². The Bertz CT molecular complexity index is 772. The lowest BCUT2D eigenvalue weighted by Gasteiger charge is -2.31. The number of tetrazole rings is 1. The molecule has 4 rings (SSSR count). The van der Waals surface area contributed by atoms with Gasteiger partial charge < -0.3 is 14.4 Å². The SMILES string of the molecule is CCCOC(=O)N1CCC(C2CC2CCOc2ccc(-n3cnnn3)cc2)CC1. The minimum Gasteiger partial charge on any atom is -0.494 e. The molecule has 1 aromatic carbocycles. The highest BCUT2D eigenvalue weighted by molar-refractivity contribution is 5.67. The topological polar surface area (TPSA) is 82.4 Å². The van der Waals surface area contributed by atoms with Crippen LogP contribution in [-0.4, -0.2) is 57.5 Å². The van der Waals surface area contributed by atoms with Crippen LogP contribution in [0.2, 0.25) is 0 Å². The molecule has 1 amide bonds. The van der Waals surface area contributed by atoms with E-state index in [2.05, 4.69) is 15.5 Å². The van der Waals surface area contributed by atoms with E-state index in [1.165, 1.54) is 6.42 Å². The van der Waals surface area contributed by atoms with E-state index >= 15 is 0 Å². The molecular weight excluding hydrogens is 370 g/mol. The smallest absolute Gasteiger partial charge is 0.409 e. The summed E-state index contributed by atoms with van der Waals surface area (Å²) in [6, 6.07) is 7.80. The van der Waals surface area contributed by atoms with Gasteiger partial charge in [0.05, 0.1) is 18.9 Å². The van der Waals surface area contributed by atoms with E-state index in [1.54, 1.807) is 11.0 Å². The van der Waals surface area contributed by atoms with Gasteiger partial charge in [-0.25, -0.2) is 9.48 Å². The molecule has 1 aliphatic carbocycles. The summed E-state index contributed by atoms with van der Waals surface area (Å²) in [4.78, 5) is 13.8. The molecule has 0 bridgehead atoms. The number of aromatic nitrogens is 4. The van der Waals surface area contributed by atoms with Gasteiger partial charge in [0.15, 0.2) is 0 Å². The Morgan fingerprint density at radius 1 is 1.17 bits per heavy atom. The third-order valence-electron chi connectivity index (χ3n) is 6.02. The maximum atomic E-state index is 12.0. The van der Waals surface area contributed by atoms with Crippen LogP contribution >= 0.6 is 0 Å². The molecule has 2 aromatic rings. The van der Waals surface area contributed by atoms with Crippen LogP contribution in [0.25, 0.3) is 5.69 Å².